The van der Waals surface area contributed by atoms with Gasteiger partial charge in [-0.1, -0.05) is 41.6 Å². The lowest BCUT2D eigenvalue weighted by Gasteiger charge is -2.21. The number of nitrogens with one attached hydrogen (secondary N) is 1. The number of benzene rings is 1. The van der Waals surface area contributed by atoms with Crippen LogP contribution in [-0.4, -0.2) is 50.9 Å². The Morgan fingerprint density at radius 1 is 1.31 bits per heavy atom. The number of aromatic nitrogens is 3. The predicted octanol–water partition coefficient (Wildman–Crippen LogP) is 1.56. The maximum Gasteiger partial charge on any atom is 0.261 e. The molecule has 1 amide bonds. The molecule has 1 aliphatic heterocycles. The number of aliphatic hydroxyl groups is 1. The average Bonchev–Trinajstić information content (AvgIpc) is 3.40. The molecule has 134 valence electrons. The smallest absolute Gasteiger partial charge is 0.261 e. The number of carbonyl (C=O) groups is 1. The van der Waals surface area contributed by atoms with E-state index in [0.29, 0.717) is 11.4 Å². The van der Waals surface area contributed by atoms with E-state index < -0.39 is 12.1 Å². The number of carbonyl (C=O) groups excluding carboxylic acids is 1. The first-order chi connectivity index (χ1) is 12.7. The van der Waals surface area contributed by atoms with Crippen LogP contribution in [0, 0.1) is 0 Å². The van der Waals surface area contributed by atoms with Crippen molar-refractivity contribution in [2.45, 2.75) is 24.8 Å². The van der Waals surface area contributed by atoms with Crippen LogP contribution in [0.4, 0.5) is 0 Å². The fourth-order valence-electron chi connectivity index (χ4n) is 2.98. The quantitative estimate of drug-likeness (QED) is 0.712. The maximum atomic E-state index is 12.3. The Morgan fingerprint density at radius 2 is 2.15 bits per heavy atom. The Kier molecular flexibility index (Phi) is 4.79. The van der Waals surface area contributed by atoms with Gasteiger partial charge in [-0.3, -0.25) is 4.79 Å². The van der Waals surface area contributed by atoms with Crippen LogP contribution in [0.2, 0.25) is 0 Å². The molecule has 2 aromatic heterocycles. The minimum Gasteiger partial charge on any atom is -0.388 e. The van der Waals surface area contributed by atoms with Gasteiger partial charge in [0.1, 0.15) is 17.9 Å². The first-order valence-electron chi connectivity index (χ1n) is 8.30. The number of hydrogen-bond acceptors (Lipinski definition) is 6. The Morgan fingerprint density at radius 3 is 2.92 bits per heavy atom. The SMILES string of the molecule is O=C(N[C@@H]1[C@@H](O)CO[C@@H]1Cn1cc(-c2ccccc2)nn1)c1cccs1. The first-order valence-corrected chi connectivity index (χ1v) is 9.18. The number of ether oxygens (including phenoxy) is 1. The summed E-state index contributed by atoms with van der Waals surface area (Å²) in [6.45, 7) is 0.576. The molecule has 1 fully saturated rings. The number of aliphatic hydroxyl groups excluding tert-OH is 1. The zero-order valence-electron chi connectivity index (χ0n) is 13.9. The number of hydrogen-bond donors (Lipinski definition) is 2. The normalized spacial score (nSPS) is 22.4. The van der Waals surface area contributed by atoms with Crippen molar-refractivity contribution in [1.82, 2.24) is 20.3 Å². The van der Waals surface area contributed by atoms with E-state index in [1.54, 1.807) is 10.7 Å². The van der Waals surface area contributed by atoms with Crippen molar-refractivity contribution in [3.05, 3.63) is 58.9 Å². The summed E-state index contributed by atoms with van der Waals surface area (Å²) >= 11 is 1.36. The average molecular weight is 370 g/mol. The Hall–Kier alpha value is -2.55. The molecule has 2 N–H and O–H groups in total. The number of rotatable bonds is 5. The van der Waals surface area contributed by atoms with Crippen LogP contribution in [0.1, 0.15) is 9.67 Å². The molecule has 0 saturated carbocycles. The molecule has 4 rings (SSSR count). The highest BCUT2D eigenvalue weighted by molar-refractivity contribution is 7.12. The highest BCUT2D eigenvalue weighted by atomic mass is 32.1. The Labute approximate surface area is 154 Å². The second-order valence-electron chi connectivity index (χ2n) is 6.11. The van der Waals surface area contributed by atoms with E-state index in [2.05, 4.69) is 15.6 Å². The third-order valence-electron chi connectivity index (χ3n) is 4.31. The molecule has 3 heterocycles. The molecule has 8 heteroatoms. The van der Waals surface area contributed by atoms with Gasteiger partial charge >= 0.3 is 0 Å². The van der Waals surface area contributed by atoms with Crippen molar-refractivity contribution in [2.24, 2.45) is 0 Å². The lowest BCUT2D eigenvalue weighted by molar-refractivity contribution is 0.0712. The summed E-state index contributed by atoms with van der Waals surface area (Å²) in [5, 5.41) is 23.2. The highest BCUT2D eigenvalue weighted by Gasteiger charge is 2.38. The third-order valence-corrected chi connectivity index (χ3v) is 5.18. The second kappa shape index (κ2) is 7.36. The highest BCUT2D eigenvalue weighted by Crippen LogP contribution is 2.20. The summed E-state index contributed by atoms with van der Waals surface area (Å²) in [6, 6.07) is 12.8. The van der Waals surface area contributed by atoms with Gasteiger partial charge in [-0.2, -0.15) is 0 Å². The molecular weight excluding hydrogens is 352 g/mol. The van der Waals surface area contributed by atoms with Crippen molar-refractivity contribution >= 4 is 17.2 Å². The summed E-state index contributed by atoms with van der Waals surface area (Å²) in [5.41, 5.74) is 1.75. The Balaban J connectivity index is 1.45. The molecule has 0 spiro atoms. The fourth-order valence-corrected chi connectivity index (χ4v) is 3.60. The van der Waals surface area contributed by atoms with Gasteiger partial charge in [0.2, 0.25) is 0 Å². The predicted molar refractivity (Wildman–Crippen MR) is 96.8 cm³/mol. The monoisotopic (exact) mass is 370 g/mol. The van der Waals surface area contributed by atoms with Gasteiger partial charge in [0.05, 0.1) is 30.3 Å². The largest absolute Gasteiger partial charge is 0.388 e. The van der Waals surface area contributed by atoms with Crippen LogP contribution >= 0.6 is 11.3 Å². The minimum absolute atomic E-state index is 0.181. The van der Waals surface area contributed by atoms with Gasteiger partial charge in [0.15, 0.2) is 0 Å². The standard InChI is InChI=1S/C18H18N4O3S/c23-14-11-25-15(17(14)19-18(24)16-7-4-8-26-16)10-22-9-13(20-21-22)12-5-2-1-3-6-12/h1-9,14-15,17,23H,10-11H2,(H,19,24)/t14-,15+,17+/m0/s1. The number of nitrogens with zero attached hydrogens (tertiary/aromatic N) is 3. The van der Waals surface area contributed by atoms with Crippen molar-refractivity contribution < 1.29 is 14.6 Å². The van der Waals surface area contributed by atoms with E-state index in [-0.39, 0.29) is 18.6 Å². The van der Waals surface area contributed by atoms with E-state index in [4.69, 9.17) is 4.74 Å². The molecule has 0 aliphatic carbocycles. The van der Waals surface area contributed by atoms with Gasteiger partial charge in [-0.15, -0.1) is 16.4 Å². The van der Waals surface area contributed by atoms with Crippen molar-refractivity contribution in [1.29, 1.82) is 0 Å². The summed E-state index contributed by atoms with van der Waals surface area (Å²) < 4.78 is 7.34. The molecule has 0 bridgehead atoms. The zero-order chi connectivity index (χ0) is 17.9. The third kappa shape index (κ3) is 3.52. The molecule has 7 nitrogen and oxygen atoms in total. The van der Waals surface area contributed by atoms with E-state index in [9.17, 15) is 9.90 Å². The van der Waals surface area contributed by atoms with Crippen LogP contribution in [0.15, 0.2) is 54.0 Å². The Bertz CT molecular complexity index is 866. The fraction of sp³-hybridized carbons (Fsp3) is 0.278. The maximum absolute atomic E-state index is 12.3. The van der Waals surface area contributed by atoms with Crippen molar-refractivity contribution in [3.63, 3.8) is 0 Å². The van der Waals surface area contributed by atoms with Gasteiger partial charge in [0, 0.05) is 5.56 Å². The van der Waals surface area contributed by atoms with Crippen molar-refractivity contribution in [2.75, 3.05) is 6.61 Å². The number of thiophene rings is 1. The minimum atomic E-state index is -0.749. The molecule has 1 saturated heterocycles. The van der Waals surface area contributed by atoms with E-state index in [1.807, 2.05) is 48.0 Å². The molecule has 3 aromatic rings. The first kappa shape index (κ1) is 16.9. The lowest BCUT2D eigenvalue weighted by Crippen LogP contribution is -2.47. The van der Waals surface area contributed by atoms with Crippen LogP contribution in [0.3, 0.4) is 0 Å². The molecule has 1 aliphatic rings. The molecule has 1 aromatic carbocycles. The molecule has 0 radical (unpaired) electrons. The lowest BCUT2D eigenvalue weighted by atomic mass is 10.1. The van der Waals surface area contributed by atoms with E-state index >= 15 is 0 Å². The summed E-state index contributed by atoms with van der Waals surface area (Å²) in [7, 11) is 0. The molecular formula is C18H18N4O3S. The zero-order valence-corrected chi connectivity index (χ0v) is 14.7. The second-order valence-corrected chi connectivity index (χ2v) is 7.06. The summed E-state index contributed by atoms with van der Waals surface area (Å²) in [4.78, 5) is 12.9. The van der Waals surface area contributed by atoms with E-state index in [0.717, 1.165) is 11.3 Å². The van der Waals surface area contributed by atoms with Crippen molar-refractivity contribution in [3.8, 4) is 11.3 Å². The molecule has 26 heavy (non-hydrogen) atoms. The van der Waals surface area contributed by atoms with Crippen LogP contribution in [-0.2, 0) is 11.3 Å². The molecule has 3 atom stereocenters. The van der Waals surface area contributed by atoms with Crippen LogP contribution in [0.5, 0.6) is 0 Å². The summed E-state index contributed by atoms with van der Waals surface area (Å²) in [5.74, 6) is -0.205. The van der Waals surface area contributed by atoms with E-state index in [1.165, 1.54) is 11.3 Å². The molecule has 0 unspecified atom stereocenters. The van der Waals surface area contributed by atoms with Crippen LogP contribution < -0.4 is 5.32 Å². The summed E-state index contributed by atoms with van der Waals surface area (Å²) in [6.07, 6.45) is 0.710. The van der Waals surface area contributed by atoms with Crippen LogP contribution in [0.25, 0.3) is 11.3 Å². The van der Waals surface area contributed by atoms with Gasteiger partial charge in [-0.25, -0.2) is 4.68 Å². The van der Waals surface area contributed by atoms with Gasteiger partial charge in [0.25, 0.3) is 5.91 Å². The topological polar surface area (TPSA) is 89.3 Å². The van der Waals surface area contributed by atoms with Gasteiger partial charge in [-0.05, 0) is 11.4 Å². The van der Waals surface area contributed by atoms with Gasteiger partial charge < -0.3 is 15.2 Å². The number of amides is 1.